The summed E-state index contributed by atoms with van der Waals surface area (Å²) in [6.07, 6.45) is 4.37. The molecule has 1 heterocycles. The summed E-state index contributed by atoms with van der Waals surface area (Å²) in [6, 6.07) is 10.3. The van der Waals surface area contributed by atoms with E-state index >= 15 is 0 Å². The van der Waals surface area contributed by atoms with E-state index in [4.69, 9.17) is 0 Å². The molecule has 2 rings (SSSR count). The minimum atomic E-state index is 0.240. The number of benzene rings is 1. The lowest BCUT2D eigenvalue weighted by Gasteiger charge is -2.08. The Hall–Kier alpha value is -1.97. The number of Topliss-reactive ketones (excluding diaryl/α,β-unsaturated/α-hetero) is 1. The Balaban J connectivity index is 1.78. The van der Waals surface area contributed by atoms with Crippen molar-refractivity contribution < 1.29 is 4.79 Å². The number of carbonyl (C=O) groups excluding carboxylic acids is 1. The van der Waals surface area contributed by atoms with Gasteiger partial charge in [-0.2, -0.15) is 5.10 Å². The largest absolute Gasteiger partial charge is 0.299 e. The molecule has 0 N–H and O–H groups in total. The smallest absolute Gasteiger partial charge is 0.140 e. The van der Waals surface area contributed by atoms with Crippen molar-refractivity contribution >= 4 is 5.78 Å². The quantitative estimate of drug-likeness (QED) is 0.749. The topological polar surface area (TPSA) is 47.8 Å². The summed E-state index contributed by atoms with van der Waals surface area (Å²) in [5.74, 6) is 1.52. The van der Waals surface area contributed by atoms with Crippen LogP contribution in [0.15, 0.2) is 36.7 Å². The third kappa shape index (κ3) is 5.14. The highest BCUT2D eigenvalue weighted by Crippen LogP contribution is 2.08. The Bertz CT molecular complexity index is 560. The molecular formula is C17H23N3O. The van der Waals surface area contributed by atoms with E-state index in [9.17, 15) is 4.79 Å². The highest BCUT2D eigenvalue weighted by molar-refractivity contribution is 5.80. The van der Waals surface area contributed by atoms with Gasteiger partial charge in [-0.05, 0) is 24.3 Å². The Kier molecular flexibility index (Phi) is 5.67. The van der Waals surface area contributed by atoms with Gasteiger partial charge in [-0.15, -0.1) is 0 Å². The second kappa shape index (κ2) is 7.72. The number of ketones is 1. The standard InChI is InChI=1S/C17H23N3O/c1-14(2)12-20-17(18-13-19-20)11-16(21)10-6-9-15-7-4-3-5-8-15/h3-5,7-8,13-14H,6,9-12H2,1-2H3. The Morgan fingerprint density at radius 3 is 2.71 bits per heavy atom. The molecule has 4 heteroatoms. The number of nitrogens with zero attached hydrogens (tertiary/aromatic N) is 3. The monoisotopic (exact) mass is 285 g/mol. The highest BCUT2D eigenvalue weighted by atomic mass is 16.1. The molecule has 0 radical (unpaired) electrons. The van der Waals surface area contributed by atoms with Crippen LogP contribution in [0.2, 0.25) is 0 Å². The molecule has 1 aromatic carbocycles. The summed E-state index contributed by atoms with van der Waals surface area (Å²) >= 11 is 0. The molecule has 0 spiro atoms. The first-order valence-corrected chi connectivity index (χ1v) is 7.57. The molecule has 0 aliphatic rings. The lowest BCUT2D eigenvalue weighted by molar-refractivity contribution is -0.118. The molecule has 0 fully saturated rings. The molecule has 0 amide bonds. The van der Waals surface area contributed by atoms with Gasteiger partial charge >= 0.3 is 0 Å². The van der Waals surface area contributed by atoms with Crippen molar-refractivity contribution in [3.05, 3.63) is 48.0 Å². The van der Waals surface area contributed by atoms with Crippen molar-refractivity contribution in [3.63, 3.8) is 0 Å². The van der Waals surface area contributed by atoms with E-state index in [0.717, 1.165) is 25.2 Å². The van der Waals surface area contributed by atoms with Crippen molar-refractivity contribution in [2.24, 2.45) is 5.92 Å². The second-order valence-corrected chi connectivity index (χ2v) is 5.81. The summed E-state index contributed by atoms with van der Waals surface area (Å²) < 4.78 is 1.85. The van der Waals surface area contributed by atoms with Gasteiger partial charge in [0.2, 0.25) is 0 Å². The molecule has 0 atom stereocenters. The van der Waals surface area contributed by atoms with Crippen LogP contribution in [0.3, 0.4) is 0 Å². The molecule has 0 unspecified atom stereocenters. The number of hydrogen-bond donors (Lipinski definition) is 0. The Labute approximate surface area is 126 Å². The second-order valence-electron chi connectivity index (χ2n) is 5.81. The summed E-state index contributed by atoms with van der Waals surface area (Å²) in [6.45, 7) is 5.08. The average Bonchev–Trinajstić information content (AvgIpc) is 2.86. The molecule has 4 nitrogen and oxygen atoms in total. The first-order valence-electron chi connectivity index (χ1n) is 7.57. The maximum Gasteiger partial charge on any atom is 0.140 e. The van der Waals surface area contributed by atoms with Gasteiger partial charge < -0.3 is 0 Å². The molecule has 0 aliphatic carbocycles. The van der Waals surface area contributed by atoms with Crippen LogP contribution in [0, 0.1) is 5.92 Å². The number of rotatable bonds is 8. The number of hydrogen-bond acceptors (Lipinski definition) is 3. The molecule has 112 valence electrons. The van der Waals surface area contributed by atoms with Crippen LogP contribution >= 0.6 is 0 Å². The van der Waals surface area contributed by atoms with Crippen LogP contribution in [-0.4, -0.2) is 20.5 Å². The average molecular weight is 285 g/mol. The van der Waals surface area contributed by atoms with E-state index in [1.165, 1.54) is 11.9 Å². The summed E-state index contributed by atoms with van der Waals surface area (Å²) in [5, 5.41) is 4.19. The maximum atomic E-state index is 12.1. The van der Waals surface area contributed by atoms with Gasteiger partial charge in [-0.3, -0.25) is 4.79 Å². The number of aryl methyl sites for hydroxylation is 1. The van der Waals surface area contributed by atoms with Gasteiger partial charge in [0.15, 0.2) is 0 Å². The first kappa shape index (κ1) is 15.4. The summed E-state index contributed by atoms with van der Waals surface area (Å²) in [7, 11) is 0. The van der Waals surface area contributed by atoms with Gasteiger partial charge in [0.05, 0.1) is 6.42 Å². The summed E-state index contributed by atoms with van der Waals surface area (Å²) in [5.41, 5.74) is 1.29. The number of aromatic nitrogens is 3. The van der Waals surface area contributed by atoms with E-state index < -0.39 is 0 Å². The molecule has 0 saturated heterocycles. The SMILES string of the molecule is CC(C)Cn1ncnc1CC(=O)CCCc1ccccc1. The van der Waals surface area contributed by atoms with Crippen molar-refractivity contribution in [3.8, 4) is 0 Å². The highest BCUT2D eigenvalue weighted by Gasteiger charge is 2.11. The third-order valence-corrected chi connectivity index (χ3v) is 3.35. The zero-order valence-electron chi connectivity index (χ0n) is 12.8. The van der Waals surface area contributed by atoms with Gasteiger partial charge in [0, 0.05) is 13.0 Å². The predicted octanol–water partition coefficient (Wildman–Crippen LogP) is 3.07. The Morgan fingerprint density at radius 2 is 2.00 bits per heavy atom. The van der Waals surface area contributed by atoms with Gasteiger partial charge in [0.1, 0.15) is 17.9 Å². The molecule has 0 aliphatic heterocycles. The van der Waals surface area contributed by atoms with Crippen LogP contribution < -0.4 is 0 Å². The fourth-order valence-corrected chi connectivity index (χ4v) is 2.32. The zero-order chi connectivity index (χ0) is 15.1. The Morgan fingerprint density at radius 1 is 1.24 bits per heavy atom. The van der Waals surface area contributed by atoms with Crippen molar-refractivity contribution in [1.82, 2.24) is 14.8 Å². The van der Waals surface area contributed by atoms with Crippen LogP contribution in [-0.2, 0) is 24.2 Å². The van der Waals surface area contributed by atoms with E-state index in [0.29, 0.717) is 18.8 Å². The van der Waals surface area contributed by atoms with E-state index in [-0.39, 0.29) is 5.78 Å². The normalized spacial score (nSPS) is 11.0. The molecule has 21 heavy (non-hydrogen) atoms. The molecule has 0 saturated carbocycles. The minimum Gasteiger partial charge on any atom is -0.299 e. The molecule has 1 aromatic heterocycles. The lowest BCUT2D eigenvalue weighted by Crippen LogP contribution is -2.14. The molecule has 2 aromatic rings. The summed E-state index contributed by atoms with van der Waals surface area (Å²) in [4.78, 5) is 16.3. The van der Waals surface area contributed by atoms with Crippen LogP contribution in [0.25, 0.3) is 0 Å². The van der Waals surface area contributed by atoms with Crippen LogP contribution in [0.5, 0.6) is 0 Å². The lowest BCUT2D eigenvalue weighted by atomic mass is 10.1. The zero-order valence-corrected chi connectivity index (χ0v) is 12.8. The first-order chi connectivity index (χ1) is 10.1. The fraction of sp³-hybridized carbons (Fsp3) is 0.471. The van der Waals surface area contributed by atoms with Crippen molar-refractivity contribution in [2.45, 2.75) is 46.1 Å². The fourth-order valence-electron chi connectivity index (χ4n) is 2.32. The minimum absolute atomic E-state index is 0.240. The van der Waals surface area contributed by atoms with Crippen LogP contribution in [0.1, 0.15) is 38.1 Å². The third-order valence-electron chi connectivity index (χ3n) is 3.35. The van der Waals surface area contributed by atoms with E-state index in [2.05, 4.69) is 36.1 Å². The van der Waals surface area contributed by atoms with Gasteiger partial charge in [0.25, 0.3) is 0 Å². The van der Waals surface area contributed by atoms with E-state index in [1.807, 2.05) is 22.9 Å². The van der Waals surface area contributed by atoms with Gasteiger partial charge in [-0.25, -0.2) is 9.67 Å². The predicted molar refractivity (Wildman–Crippen MR) is 83.0 cm³/mol. The molecular weight excluding hydrogens is 262 g/mol. The van der Waals surface area contributed by atoms with Crippen molar-refractivity contribution in [2.75, 3.05) is 0 Å². The van der Waals surface area contributed by atoms with Crippen molar-refractivity contribution in [1.29, 1.82) is 0 Å². The van der Waals surface area contributed by atoms with Gasteiger partial charge in [-0.1, -0.05) is 44.2 Å². The maximum absolute atomic E-state index is 12.1. The van der Waals surface area contributed by atoms with Crippen LogP contribution in [0.4, 0.5) is 0 Å². The van der Waals surface area contributed by atoms with E-state index in [1.54, 1.807) is 0 Å². The molecule has 0 bridgehead atoms. The number of carbonyl (C=O) groups is 1.